The van der Waals surface area contributed by atoms with Crippen LogP contribution < -0.4 is 4.74 Å². The monoisotopic (exact) mass is 310 g/mol. The van der Waals surface area contributed by atoms with Gasteiger partial charge in [-0.2, -0.15) is 13.2 Å². The fourth-order valence-electron chi connectivity index (χ4n) is 2.80. The van der Waals surface area contributed by atoms with Gasteiger partial charge in [0.2, 0.25) is 0 Å². The zero-order valence-corrected chi connectivity index (χ0v) is 12.4. The highest BCUT2D eigenvalue weighted by atomic mass is 19.4. The first-order chi connectivity index (χ1) is 10.3. The summed E-state index contributed by atoms with van der Waals surface area (Å²) in [6.45, 7) is 2.94. The molecule has 0 saturated carbocycles. The van der Waals surface area contributed by atoms with Gasteiger partial charge in [-0.05, 0) is 38.2 Å². The van der Waals surface area contributed by atoms with Crippen molar-refractivity contribution in [3.8, 4) is 5.75 Å². The quantitative estimate of drug-likeness (QED) is 0.845. The average Bonchev–Trinajstić information content (AvgIpc) is 2.76. The lowest BCUT2D eigenvalue weighted by molar-refractivity contribution is -0.137. The Bertz CT molecular complexity index is 677. The molecule has 1 fully saturated rings. The van der Waals surface area contributed by atoms with E-state index in [0.717, 1.165) is 25.1 Å². The molecule has 22 heavy (non-hydrogen) atoms. The zero-order chi connectivity index (χ0) is 15.9. The molecule has 2 heterocycles. The van der Waals surface area contributed by atoms with Gasteiger partial charge in [0, 0.05) is 30.6 Å². The lowest BCUT2D eigenvalue weighted by atomic mass is 10.1. The van der Waals surface area contributed by atoms with Crippen LogP contribution in [-0.4, -0.2) is 35.6 Å². The van der Waals surface area contributed by atoms with Crippen LogP contribution in [0.15, 0.2) is 30.5 Å². The maximum atomic E-state index is 12.8. The smallest absolute Gasteiger partial charge is 0.416 e. The molecule has 0 aliphatic carbocycles. The number of hydrogen-bond acceptors (Lipinski definition) is 3. The molecule has 2 unspecified atom stereocenters. The molecule has 1 aliphatic rings. The topological polar surface area (TPSA) is 25.4 Å². The molecular weight excluding hydrogens is 293 g/mol. The Morgan fingerprint density at radius 2 is 2.05 bits per heavy atom. The van der Waals surface area contributed by atoms with Crippen molar-refractivity contribution >= 4 is 10.9 Å². The van der Waals surface area contributed by atoms with Gasteiger partial charge in [0.25, 0.3) is 0 Å². The highest BCUT2D eigenvalue weighted by Crippen LogP contribution is 2.34. The molecule has 0 radical (unpaired) electrons. The van der Waals surface area contributed by atoms with E-state index < -0.39 is 11.7 Å². The summed E-state index contributed by atoms with van der Waals surface area (Å²) < 4.78 is 44.3. The first kappa shape index (κ1) is 15.1. The van der Waals surface area contributed by atoms with E-state index in [1.165, 1.54) is 12.3 Å². The third kappa shape index (κ3) is 2.88. The fraction of sp³-hybridized carbons (Fsp3) is 0.438. The van der Waals surface area contributed by atoms with Crippen LogP contribution >= 0.6 is 0 Å². The molecule has 118 valence electrons. The molecular formula is C16H17F3N2O. The number of fused-ring (bicyclic) bond motifs is 1. The maximum Gasteiger partial charge on any atom is 0.416 e. The van der Waals surface area contributed by atoms with E-state index in [0.29, 0.717) is 22.7 Å². The third-order valence-corrected chi connectivity index (χ3v) is 4.17. The number of halogens is 3. The van der Waals surface area contributed by atoms with Crippen LogP contribution in [0, 0.1) is 0 Å². The Hall–Kier alpha value is -1.82. The van der Waals surface area contributed by atoms with Crippen molar-refractivity contribution < 1.29 is 17.9 Å². The molecule has 3 rings (SSSR count). The number of benzene rings is 1. The van der Waals surface area contributed by atoms with E-state index in [-0.39, 0.29) is 6.10 Å². The molecule has 6 heteroatoms. The summed E-state index contributed by atoms with van der Waals surface area (Å²) in [5.74, 6) is 0.589. The van der Waals surface area contributed by atoms with Gasteiger partial charge >= 0.3 is 6.18 Å². The summed E-state index contributed by atoms with van der Waals surface area (Å²) >= 11 is 0. The third-order valence-electron chi connectivity index (χ3n) is 4.17. The predicted octanol–water partition coefficient (Wildman–Crippen LogP) is 3.73. The summed E-state index contributed by atoms with van der Waals surface area (Å²) in [5, 5.41) is 0.609. The SMILES string of the molecule is CC1CC(Oc2ccnc3cc(C(F)(F)F)ccc23)CN1C. The van der Waals surface area contributed by atoms with Crippen LogP contribution in [0.5, 0.6) is 5.75 Å². The first-order valence-electron chi connectivity index (χ1n) is 7.17. The molecule has 0 amide bonds. The van der Waals surface area contributed by atoms with Gasteiger partial charge in [0.15, 0.2) is 0 Å². The van der Waals surface area contributed by atoms with Crippen molar-refractivity contribution in [1.29, 1.82) is 0 Å². The van der Waals surface area contributed by atoms with Gasteiger partial charge in [-0.3, -0.25) is 9.88 Å². The number of aromatic nitrogens is 1. The lowest BCUT2D eigenvalue weighted by Gasteiger charge is -2.16. The van der Waals surface area contributed by atoms with Gasteiger partial charge in [-0.15, -0.1) is 0 Å². The molecule has 2 aromatic rings. The number of alkyl halides is 3. The molecule has 0 N–H and O–H groups in total. The molecule has 1 aliphatic heterocycles. The van der Waals surface area contributed by atoms with Gasteiger partial charge in [-0.1, -0.05) is 0 Å². The van der Waals surface area contributed by atoms with E-state index in [2.05, 4.69) is 16.8 Å². The second-order valence-corrected chi connectivity index (χ2v) is 5.80. The molecule has 1 aromatic carbocycles. The number of hydrogen-bond donors (Lipinski definition) is 0. The molecule has 1 saturated heterocycles. The predicted molar refractivity (Wildman–Crippen MR) is 77.9 cm³/mol. The summed E-state index contributed by atoms with van der Waals surface area (Å²) in [5.41, 5.74) is -0.398. The van der Waals surface area contributed by atoms with E-state index in [4.69, 9.17) is 4.74 Å². The second-order valence-electron chi connectivity index (χ2n) is 5.80. The van der Waals surface area contributed by atoms with Crippen molar-refractivity contribution in [2.45, 2.75) is 31.7 Å². The standard InChI is InChI=1S/C16H17F3N2O/c1-10-7-12(9-21(10)2)22-15-5-6-20-14-8-11(16(17,18)19)3-4-13(14)15/h3-6,8,10,12H,7,9H2,1-2H3. The number of rotatable bonds is 2. The van der Waals surface area contributed by atoms with Gasteiger partial charge in [0.1, 0.15) is 11.9 Å². The Kier molecular flexibility index (Phi) is 3.72. The van der Waals surface area contributed by atoms with Crippen molar-refractivity contribution in [3.05, 3.63) is 36.0 Å². The van der Waals surface area contributed by atoms with Crippen LogP contribution in [0.3, 0.4) is 0 Å². The van der Waals surface area contributed by atoms with Crippen LogP contribution in [-0.2, 0) is 6.18 Å². The summed E-state index contributed by atoms with van der Waals surface area (Å²) in [7, 11) is 2.04. The maximum absolute atomic E-state index is 12.8. The van der Waals surface area contributed by atoms with Gasteiger partial charge in [-0.25, -0.2) is 0 Å². The average molecular weight is 310 g/mol. The highest BCUT2D eigenvalue weighted by molar-refractivity contribution is 5.85. The van der Waals surface area contributed by atoms with Crippen molar-refractivity contribution in [2.75, 3.05) is 13.6 Å². The van der Waals surface area contributed by atoms with Crippen LogP contribution in [0.25, 0.3) is 10.9 Å². The first-order valence-corrected chi connectivity index (χ1v) is 7.17. The van der Waals surface area contributed by atoms with Gasteiger partial charge < -0.3 is 4.74 Å². The minimum atomic E-state index is -4.36. The van der Waals surface area contributed by atoms with E-state index in [9.17, 15) is 13.2 Å². The zero-order valence-electron chi connectivity index (χ0n) is 12.4. The summed E-state index contributed by atoms with van der Waals surface area (Å²) in [4.78, 5) is 6.23. The van der Waals surface area contributed by atoms with Gasteiger partial charge in [0.05, 0.1) is 11.1 Å². The number of likely N-dealkylation sites (N-methyl/N-ethyl adjacent to an activating group) is 1. The van der Waals surface area contributed by atoms with Crippen molar-refractivity contribution in [1.82, 2.24) is 9.88 Å². The highest BCUT2D eigenvalue weighted by Gasteiger charge is 2.31. The number of ether oxygens (including phenoxy) is 1. The summed E-state index contributed by atoms with van der Waals surface area (Å²) in [6, 6.07) is 5.71. The number of nitrogens with zero attached hydrogens (tertiary/aromatic N) is 2. The molecule has 1 aromatic heterocycles. The molecule has 0 spiro atoms. The van der Waals surface area contributed by atoms with Crippen LogP contribution in [0.4, 0.5) is 13.2 Å². The van der Waals surface area contributed by atoms with Crippen molar-refractivity contribution in [3.63, 3.8) is 0 Å². The largest absolute Gasteiger partial charge is 0.488 e. The van der Waals surface area contributed by atoms with E-state index in [1.54, 1.807) is 6.07 Å². The van der Waals surface area contributed by atoms with Crippen molar-refractivity contribution in [2.24, 2.45) is 0 Å². The van der Waals surface area contributed by atoms with Crippen LogP contribution in [0.2, 0.25) is 0 Å². The Balaban J connectivity index is 1.91. The Morgan fingerprint density at radius 3 is 2.68 bits per heavy atom. The molecule has 2 atom stereocenters. The normalized spacial score (nSPS) is 23.1. The second kappa shape index (κ2) is 5.43. The minimum absolute atomic E-state index is 0.0490. The fourth-order valence-corrected chi connectivity index (χ4v) is 2.80. The number of pyridine rings is 1. The van der Waals surface area contributed by atoms with E-state index >= 15 is 0 Å². The molecule has 3 nitrogen and oxygen atoms in total. The summed E-state index contributed by atoms with van der Waals surface area (Å²) in [6.07, 6.45) is -1.93. The number of likely N-dealkylation sites (tertiary alicyclic amines) is 1. The molecule has 0 bridgehead atoms. The minimum Gasteiger partial charge on any atom is -0.488 e. The van der Waals surface area contributed by atoms with E-state index in [1.807, 2.05) is 7.05 Å². The Morgan fingerprint density at radius 1 is 1.27 bits per heavy atom. The van der Waals surface area contributed by atoms with Crippen LogP contribution in [0.1, 0.15) is 18.9 Å². The lowest BCUT2D eigenvalue weighted by Crippen LogP contribution is -2.23. The Labute approximate surface area is 126 Å².